The second kappa shape index (κ2) is 5.94. The average molecular weight is 315 g/mol. The summed E-state index contributed by atoms with van der Waals surface area (Å²) in [6.07, 6.45) is -1.29. The summed E-state index contributed by atoms with van der Waals surface area (Å²) in [5.74, 6) is -1.84. The summed E-state index contributed by atoms with van der Waals surface area (Å²) in [6, 6.07) is 0.348. The predicted molar refractivity (Wildman–Crippen MR) is 71.3 cm³/mol. The van der Waals surface area contributed by atoms with Gasteiger partial charge in [0.2, 0.25) is 0 Å². The van der Waals surface area contributed by atoms with E-state index in [1.54, 1.807) is 0 Å². The van der Waals surface area contributed by atoms with Gasteiger partial charge in [-0.25, -0.2) is 0 Å². The molecule has 1 aliphatic rings. The Balaban J connectivity index is 2.36. The van der Waals surface area contributed by atoms with Crippen molar-refractivity contribution in [2.24, 2.45) is 11.7 Å². The van der Waals surface area contributed by atoms with E-state index in [2.05, 4.69) is 4.98 Å². The van der Waals surface area contributed by atoms with Gasteiger partial charge in [0, 0.05) is 18.9 Å². The maximum atomic E-state index is 12.8. The van der Waals surface area contributed by atoms with Crippen molar-refractivity contribution in [1.29, 1.82) is 0 Å². The van der Waals surface area contributed by atoms with Crippen LogP contribution in [0, 0.1) is 5.92 Å². The summed E-state index contributed by atoms with van der Waals surface area (Å²) >= 11 is 0. The number of aromatic nitrogens is 1. The lowest BCUT2D eigenvalue weighted by Gasteiger charge is -2.38. The van der Waals surface area contributed by atoms with Gasteiger partial charge in [0.05, 0.1) is 11.6 Å². The van der Waals surface area contributed by atoms with Gasteiger partial charge in [-0.1, -0.05) is 6.92 Å². The summed E-state index contributed by atoms with van der Waals surface area (Å²) < 4.78 is 38.4. The molecule has 1 aromatic rings. The Hall–Kier alpha value is -2.12. The van der Waals surface area contributed by atoms with Crippen molar-refractivity contribution in [3.05, 3.63) is 29.6 Å². The lowest BCUT2D eigenvalue weighted by Crippen LogP contribution is -2.47. The van der Waals surface area contributed by atoms with Crippen molar-refractivity contribution in [2.75, 3.05) is 6.54 Å². The molecule has 1 aliphatic heterocycles. The van der Waals surface area contributed by atoms with E-state index < -0.39 is 29.6 Å². The number of nitrogens with two attached hydrogens (primary N) is 1. The highest BCUT2D eigenvalue weighted by molar-refractivity contribution is 6.34. The van der Waals surface area contributed by atoms with E-state index >= 15 is 0 Å². The summed E-state index contributed by atoms with van der Waals surface area (Å²) in [6.45, 7) is 2.19. The normalized spacial score (nSPS) is 22.5. The minimum absolute atomic E-state index is 0.151. The molecule has 2 rings (SSSR count). The maximum Gasteiger partial charge on any atom is 0.417 e. The molecular formula is C14H16F3N3O2. The van der Waals surface area contributed by atoms with Gasteiger partial charge in [-0.2, -0.15) is 13.2 Å². The number of rotatable bonds is 1. The Bertz CT molecular complexity index is 589. The number of nitrogens with zero attached hydrogens (tertiary/aromatic N) is 2. The van der Waals surface area contributed by atoms with E-state index in [9.17, 15) is 22.8 Å². The van der Waals surface area contributed by atoms with Crippen LogP contribution in [0.2, 0.25) is 0 Å². The molecule has 1 fully saturated rings. The third kappa shape index (κ3) is 3.37. The number of piperidine rings is 1. The van der Waals surface area contributed by atoms with E-state index in [1.165, 1.54) is 11.1 Å². The number of carbonyl (C=O) groups excluding carboxylic acids is 2. The number of likely N-dealkylation sites (tertiary alicyclic amines) is 1. The number of hydrogen-bond donors (Lipinski definition) is 1. The Morgan fingerprint density at radius 3 is 2.59 bits per heavy atom. The second-order valence-electron chi connectivity index (χ2n) is 5.52. The molecular weight excluding hydrogens is 299 g/mol. The summed E-state index contributed by atoms with van der Waals surface area (Å²) in [7, 11) is 0. The number of pyridine rings is 1. The van der Waals surface area contributed by atoms with Gasteiger partial charge >= 0.3 is 18.0 Å². The van der Waals surface area contributed by atoms with Crippen LogP contribution < -0.4 is 5.73 Å². The fourth-order valence-electron chi connectivity index (χ4n) is 2.66. The zero-order valence-corrected chi connectivity index (χ0v) is 11.9. The Labute approximate surface area is 125 Å². The molecule has 1 aromatic heterocycles. The highest BCUT2D eigenvalue weighted by atomic mass is 19.4. The van der Waals surface area contributed by atoms with E-state index in [4.69, 9.17) is 5.73 Å². The first-order valence-electron chi connectivity index (χ1n) is 6.82. The standard InChI is InChI=1S/C14H16F3N3O2/c1-8-2-3-11(20(7-8)13(22)12(18)21)9-4-10(6-19-5-9)14(15,16)17/h4-6,8,11H,2-3,7H2,1H3,(H2,18,21)/t8-,11+/m0/s1. The fourth-order valence-corrected chi connectivity index (χ4v) is 2.66. The molecule has 120 valence electrons. The highest BCUT2D eigenvalue weighted by Crippen LogP contribution is 2.36. The van der Waals surface area contributed by atoms with Crippen molar-refractivity contribution in [1.82, 2.24) is 9.88 Å². The number of halogens is 3. The van der Waals surface area contributed by atoms with Gasteiger partial charge < -0.3 is 10.6 Å². The number of carbonyl (C=O) groups is 2. The molecule has 2 heterocycles. The van der Waals surface area contributed by atoms with Gasteiger partial charge in [-0.3, -0.25) is 14.6 Å². The number of alkyl halides is 3. The van der Waals surface area contributed by atoms with Gasteiger partial charge in [0.25, 0.3) is 0 Å². The van der Waals surface area contributed by atoms with Crippen LogP contribution in [-0.2, 0) is 15.8 Å². The minimum atomic E-state index is -4.51. The molecule has 8 heteroatoms. The van der Waals surface area contributed by atoms with E-state index in [-0.39, 0.29) is 18.0 Å². The van der Waals surface area contributed by atoms with E-state index in [0.717, 1.165) is 18.7 Å². The predicted octanol–water partition coefficient (Wildman–Crippen LogP) is 1.89. The molecule has 0 unspecified atom stereocenters. The molecule has 0 saturated carbocycles. The van der Waals surface area contributed by atoms with Gasteiger partial charge in [0.1, 0.15) is 0 Å². The zero-order chi connectivity index (χ0) is 16.5. The van der Waals surface area contributed by atoms with Crippen molar-refractivity contribution in [3.8, 4) is 0 Å². The summed E-state index contributed by atoms with van der Waals surface area (Å²) in [4.78, 5) is 27.9. The molecule has 2 N–H and O–H groups in total. The van der Waals surface area contributed by atoms with Crippen molar-refractivity contribution >= 4 is 11.8 Å². The molecule has 2 amide bonds. The SMILES string of the molecule is C[C@H]1CC[C@H](c2cncc(C(F)(F)F)c2)N(C(=O)C(N)=O)C1. The largest absolute Gasteiger partial charge is 0.417 e. The fraction of sp³-hybridized carbons (Fsp3) is 0.500. The van der Waals surface area contributed by atoms with Gasteiger partial charge in [0.15, 0.2) is 0 Å². The first-order valence-corrected chi connectivity index (χ1v) is 6.82. The van der Waals surface area contributed by atoms with Crippen LogP contribution in [0.5, 0.6) is 0 Å². The smallest absolute Gasteiger partial charge is 0.361 e. The molecule has 0 aromatic carbocycles. The van der Waals surface area contributed by atoms with E-state index in [1.807, 2.05) is 6.92 Å². The summed E-state index contributed by atoms with van der Waals surface area (Å²) in [5.41, 5.74) is 4.41. The molecule has 0 aliphatic carbocycles. The van der Waals surface area contributed by atoms with Gasteiger partial charge in [-0.15, -0.1) is 0 Å². The van der Waals surface area contributed by atoms with Crippen LogP contribution in [0.25, 0.3) is 0 Å². The zero-order valence-electron chi connectivity index (χ0n) is 11.9. The van der Waals surface area contributed by atoms with Crippen LogP contribution in [-0.4, -0.2) is 28.2 Å². The number of hydrogen-bond acceptors (Lipinski definition) is 3. The molecule has 22 heavy (non-hydrogen) atoms. The average Bonchev–Trinajstić information content (AvgIpc) is 2.45. The van der Waals surface area contributed by atoms with E-state index in [0.29, 0.717) is 6.42 Å². The molecule has 5 nitrogen and oxygen atoms in total. The van der Waals surface area contributed by atoms with Crippen LogP contribution in [0.1, 0.15) is 36.9 Å². The first-order chi connectivity index (χ1) is 10.2. The highest BCUT2D eigenvalue weighted by Gasteiger charge is 2.36. The van der Waals surface area contributed by atoms with Crippen molar-refractivity contribution in [2.45, 2.75) is 32.0 Å². The maximum absolute atomic E-state index is 12.8. The lowest BCUT2D eigenvalue weighted by molar-refractivity contribution is -0.147. The molecule has 2 atom stereocenters. The lowest BCUT2D eigenvalue weighted by atomic mass is 9.90. The third-order valence-corrected chi connectivity index (χ3v) is 3.76. The Kier molecular flexibility index (Phi) is 4.39. The second-order valence-corrected chi connectivity index (χ2v) is 5.52. The van der Waals surface area contributed by atoms with Crippen LogP contribution in [0.3, 0.4) is 0 Å². The molecule has 0 spiro atoms. The summed E-state index contributed by atoms with van der Waals surface area (Å²) in [5, 5.41) is 0. The topological polar surface area (TPSA) is 76.3 Å². The van der Waals surface area contributed by atoms with Crippen molar-refractivity contribution in [3.63, 3.8) is 0 Å². The third-order valence-electron chi connectivity index (χ3n) is 3.76. The molecule has 0 bridgehead atoms. The van der Waals surface area contributed by atoms with Crippen LogP contribution in [0.15, 0.2) is 18.5 Å². The number of amides is 2. The minimum Gasteiger partial charge on any atom is -0.361 e. The quantitative estimate of drug-likeness (QED) is 0.804. The van der Waals surface area contributed by atoms with Crippen LogP contribution >= 0.6 is 0 Å². The number of primary amides is 1. The Morgan fingerprint density at radius 1 is 1.32 bits per heavy atom. The molecule has 0 radical (unpaired) electrons. The molecule has 1 saturated heterocycles. The van der Waals surface area contributed by atoms with Gasteiger partial charge in [-0.05, 0) is 30.4 Å². The van der Waals surface area contributed by atoms with Crippen molar-refractivity contribution < 1.29 is 22.8 Å². The van der Waals surface area contributed by atoms with Crippen LogP contribution in [0.4, 0.5) is 13.2 Å². The monoisotopic (exact) mass is 315 g/mol. The first kappa shape index (κ1) is 16.3. The Morgan fingerprint density at radius 2 is 2.00 bits per heavy atom.